The molecule has 24 heavy (non-hydrogen) atoms. The van der Waals surface area contributed by atoms with E-state index in [4.69, 9.17) is 37.8 Å². The number of carboxylic acids is 1. The highest BCUT2D eigenvalue weighted by atomic mass is 35.5. The Morgan fingerprint density at radius 2 is 2.00 bits per heavy atom. The molecule has 0 fully saturated rings. The van der Waals surface area contributed by atoms with E-state index in [1.165, 1.54) is 14.0 Å². The number of carboxylic acid groups (broad SMARTS) is 1. The summed E-state index contributed by atoms with van der Waals surface area (Å²) in [6.07, 6.45) is 0.518. The van der Waals surface area contributed by atoms with E-state index in [9.17, 15) is 4.79 Å². The van der Waals surface area contributed by atoms with Gasteiger partial charge in [-0.1, -0.05) is 29.3 Å². The zero-order chi connectivity index (χ0) is 17.7. The molecule has 0 bridgehead atoms. The standard InChI is InChI=1S/C17H15Cl2NO4/c1-10(17(21)22)24-16-11(4-3-5-15(16)23-2)9-20-12-6-7-13(18)14(19)8-12/h3-10H,1-2H3,(H,21,22)/t10-/m0/s1. The molecule has 0 aliphatic carbocycles. The van der Waals surface area contributed by atoms with Gasteiger partial charge in [-0.05, 0) is 37.3 Å². The van der Waals surface area contributed by atoms with Crippen molar-refractivity contribution in [3.8, 4) is 11.5 Å². The topological polar surface area (TPSA) is 68.1 Å². The molecule has 0 spiro atoms. The van der Waals surface area contributed by atoms with Crippen LogP contribution in [0.15, 0.2) is 41.4 Å². The lowest BCUT2D eigenvalue weighted by atomic mass is 10.2. The van der Waals surface area contributed by atoms with E-state index in [1.54, 1.807) is 42.6 Å². The molecule has 1 N–H and O–H groups in total. The van der Waals surface area contributed by atoms with Crippen LogP contribution in [0.3, 0.4) is 0 Å². The van der Waals surface area contributed by atoms with Crippen LogP contribution in [0.1, 0.15) is 12.5 Å². The molecule has 0 saturated carbocycles. The number of ether oxygens (including phenoxy) is 2. The molecule has 0 aliphatic rings. The number of aliphatic carboxylic acids is 1. The number of nitrogens with zero attached hydrogens (tertiary/aromatic N) is 1. The lowest BCUT2D eigenvalue weighted by Crippen LogP contribution is -2.23. The van der Waals surface area contributed by atoms with Gasteiger partial charge in [-0.3, -0.25) is 4.99 Å². The van der Waals surface area contributed by atoms with Gasteiger partial charge in [0.2, 0.25) is 0 Å². The van der Waals surface area contributed by atoms with Gasteiger partial charge in [0.1, 0.15) is 0 Å². The minimum Gasteiger partial charge on any atom is -0.493 e. The molecule has 126 valence electrons. The van der Waals surface area contributed by atoms with E-state index in [-0.39, 0.29) is 0 Å². The Bertz CT molecular complexity index is 777. The molecule has 0 unspecified atom stereocenters. The van der Waals surface area contributed by atoms with Crippen LogP contribution in [0.25, 0.3) is 0 Å². The third kappa shape index (κ3) is 4.40. The maximum atomic E-state index is 11.0. The Hall–Kier alpha value is -2.24. The second-order valence-corrected chi connectivity index (χ2v) is 5.65. The maximum absolute atomic E-state index is 11.0. The highest BCUT2D eigenvalue weighted by molar-refractivity contribution is 6.42. The quantitative estimate of drug-likeness (QED) is 0.757. The maximum Gasteiger partial charge on any atom is 0.344 e. The van der Waals surface area contributed by atoms with Crippen molar-refractivity contribution >= 4 is 41.1 Å². The average Bonchev–Trinajstić information content (AvgIpc) is 2.56. The molecule has 2 aromatic rings. The number of benzene rings is 2. The molecular weight excluding hydrogens is 353 g/mol. The van der Waals surface area contributed by atoms with Crippen molar-refractivity contribution in [1.82, 2.24) is 0 Å². The number of para-hydroxylation sites is 1. The molecular formula is C17H15Cl2NO4. The minimum atomic E-state index is -1.08. The number of carbonyl (C=O) groups is 1. The lowest BCUT2D eigenvalue weighted by Gasteiger charge is -2.15. The zero-order valence-electron chi connectivity index (χ0n) is 13.0. The summed E-state index contributed by atoms with van der Waals surface area (Å²) in [5, 5.41) is 9.87. The van der Waals surface area contributed by atoms with Crippen molar-refractivity contribution in [2.45, 2.75) is 13.0 Å². The van der Waals surface area contributed by atoms with Crippen molar-refractivity contribution in [3.63, 3.8) is 0 Å². The van der Waals surface area contributed by atoms with Gasteiger partial charge < -0.3 is 14.6 Å². The lowest BCUT2D eigenvalue weighted by molar-refractivity contribution is -0.144. The van der Waals surface area contributed by atoms with Crippen molar-refractivity contribution in [2.24, 2.45) is 4.99 Å². The molecule has 0 aliphatic heterocycles. The van der Waals surface area contributed by atoms with E-state index in [0.717, 1.165) is 0 Å². The van der Waals surface area contributed by atoms with Gasteiger partial charge in [-0.25, -0.2) is 4.79 Å². The first kappa shape index (κ1) is 18.1. The molecule has 5 nitrogen and oxygen atoms in total. The number of methoxy groups -OCH3 is 1. The fraction of sp³-hybridized carbons (Fsp3) is 0.176. The Balaban J connectivity index is 2.36. The van der Waals surface area contributed by atoms with Gasteiger partial charge in [0.25, 0.3) is 0 Å². The third-order valence-corrected chi connectivity index (χ3v) is 3.87. The first-order valence-electron chi connectivity index (χ1n) is 6.98. The Morgan fingerprint density at radius 3 is 2.62 bits per heavy atom. The van der Waals surface area contributed by atoms with Crippen molar-refractivity contribution in [1.29, 1.82) is 0 Å². The van der Waals surface area contributed by atoms with Gasteiger partial charge in [0.15, 0.2) is 17.6 Å². The summed E-state index contributed by atoms with van der Waals surface area (Å²) in [4.78, 5) is 15.4. The Morgan fingerprint density at radius 1 is 1.25 bits per heavy atom. The van der Waals surface area contributed by atoms with E-state index in [2.05, 4.69) is 4.99 Å². The van der Waals surface area contributed by atoms with Crippen LogP contribution in [-0.4, -0.2) is 30.5 Å². The summed E-state index contributed by atoms with van der Waals surface area (Å²) in [5.41, 5.74) is 1.18. The monoisotopic (exact) mass is 367 g/mol. The number of hydrogen-bond acceptors (Lipinski definition) is 4. The van der Waals surface area contributed by atoms with Crippen LogP contribution in [0.2, 0.25) is 10.0 Å². The third-order valence-electron chi connectivity index (χ3n) is 3.13. The molecule has 0 heterocycles. The van der Waals surface area contributed by atoms with Crippen LogP contribution in [-0.2, 0) is 4.79 Å². The average molecular weight is 368 g/mol. The Labute approximate surface area is 149 Å². The fourth-order valence-electron chi connectivity index (χ4n) is 1.86. The fourth-order valence-corrected chi connectivity index (χ4v) is 2.15. The number of aliphatic imine (C=N–C) groups is 1. The van der Waals surface area contributed by atoms with E-state index >= 15 is 0 Å². The molecule has 0 aromatic heterocycles. The van der Waals surface area contributed by atoms with Gasteiger partial charge in [0, 0.05) is 11.8 Å². The summed E-state index contributed by atoms with van der Waals surface area (Å²) < 4.78 is 10.7. The van der Waals surface area contributed by atoms with Crippen molar-refractivity contribution in [2.75, 3.05) is 7.11 Å². The summed E-state index contributed by atoms with van der Waals surface area (Å²) in [6, 6.07) is 10.2. The number of halogens is 2. The van der Waals surface area contributed by atoms with E-state index in [0.29, 0.717) is 32.8 Å². The first-order chi connectivity index (χ1) is 11.4. The molecule has 0 amide bonds. The summed E-state index contributed by atoms with van der Waals surface area (Å²) >= 11 is 11.8. The highest BCUT2D eigenvalue weighted by Crippen LogP contribution is 2.32. The predicted octanol–water partition coefficient (Wildman–Crippen LogP) is 4.60. The van der Waals surface area contributed by atoms with Crippen LogP contribution in [0.4, 0.5) is 5.69 Å². The van der Waals surface area contributed by atoms with Crippen LogP contribution < -0.4 is 9.47 Å². The summed E-state index contributed by atoms with van der Waals surface area (Å²) in [5.74, 6) is -0.354. The van der Waals surface area contributed by atoms with Crippen molar-refractivity contribution in [3.05, 3.63) is 52.0 Å². The smallest absolute Gasteiger partial charge is 0.344 e. The van der Waals surface area contributed by atoms with Crippen molar-refractivity contribution < 1.29 is 19.4 Å². The minimum absolute atomic E-state index is 0.304. The summed E-state index contributed by atoms with van der Waals surface area (Å²) in [7, 11) is 1.48. The second kappa shape index (κ2) is 8.04. The molecule has 2 rings (SSSR count). The van der Waals surface area contributed by atoms with Crippen LogP contribution >= 0.6 is 23.2 Å². The summed E-state index contributed by atoms with van der Waals surface area (Å²) in [6.45, 7) is 1.44. The SMILES string of the molecule is COc1cccc(C=Nc2ccc(Cl)c(Cl)c2)c1O[C@@H](C)C(=O)O. The van der Waals surface area contributed by atoms with Crippen LogP contribution in [0.5, 0.6) is 11.5 Å². The largest absolute Gasteiger partial charge is 0.493 e. The van der Waals surface area contributed by atoms with E-state index < -0.39 is 12.1 Å². The molecule has 0 saturated heterocycles. The first-order valence-corrected chi connectivity index (χ1v) is 7.73. The molecule has 2 aromatic carbocycles. The van der Waals surface area contributed by atoms with E-state index in [1.807, 2.05) is 0 Å². The molecule has 0 radical (unpaired) electrons. The molecule has 1 atom stereocenters. The Kier molecular flexibility index (Phi) is 6.06. The zero-order valence-corrected chi connectivity index (χ0v) is 14.5. The van der Waals surface area contributed by atoms with Gasteiger partial charge >= 0.3 is 5.97 Å². The normalized spacial score (nSPS) is 12.2. The van der Waals surface area contributed by atoms with Gasteiger partial charge in [0.05, 0.1) is 22.8 Å². The molecule has 7 heteroatoms. The van der Waals surface area contributed by atoms with Gasteiger partial charge in [-0.2, -0.15) is 0 Å². The van der Waals surface area contributed by atoms with Gasteiger partial charge in [-0.15, -0.1) is 0 Å². The predicted molar refractivity (Wildman–Crippen MR) is 94.4 cm³/mol. The van der Waals surface area contributed by atoms with Crippen LogP contribution in [0, 0.1) is 0 Å². The number of hydrogen-bond donors (Lipinski definition) is 1. The number of rotatable bonds is 6. The highest BCUT2D eigenvalue weighted by Gasteiger charge is 2.17. The second-order valence-electron chi connectivity index (χ2n) is 4.83.